The highest BCUT2D eigenvalue weighted by molar-refractivity contribution is 5.94. The number of carbonyl (C=O) groups excluding carboxylic acids is 2. The molecule has 0 saturated carbocycles. The van der Waals surface area contributed by atoms with E-state index in [4.69, 9.17) is 9.47 Å². The molecule has 0 N–H and O–H groups in total. The SMILES string of the molecule is Cc1cc(C(=O)N2CCC3(CC(C=O)CN(Cc4ccccc4)C3)OC2)ccc1OC(C)C. The Kier molecular flexibility index (Phi) is 7.15. The van der Waals surface area contributed by atoms with Crippen LogP contribution < -0.4 is 4.74 Å². The number of hydrogen-bond acceptors (Lipinski definition) is 5. The molecular weight excluding hydrogens is 416 g/mol. The summed E-state index contributed by atoms with van der Waals surface area (Å²) in [6, 6.07) is 15.9. The maximum absolute atomic E-state index is 13.1. The molecule has 0 bridgehead atoms. The summed E-state index contributed by atoms with van der Waals surface area (Å²) in [5, 5.41) is 0. The van der Waals surface area contributed by atoms with Gasteiger partial charge in [-0.3, -0.25) is 9.69 Å². The van der Waals surface area contributed by atoms with Crippen LogP contribution in [-0.2, 0) is 16.1 Å². The van der Waals surface area contributed by atoms with Crippen LogP contribution in [0.1, 0.15) is 48.2 Å². The van der Waals surface area contributed by atoms with E-state index in [-0.39, 0.29) is 30.3 Å². The van der Waals surface area contributed by atoms with Crippen molar-refractivity contribution in [1.29, 1.82) is 0 Å². The summed E-state index contributed by atoms with van der Waals surface area (Å²) in [6.45, 7) is 9.11. The van der Waals surface area contributed by atoms with E-state index in [1.54, 1.807) is 4.90 Å². The molecule has 2 fully saturated rings. The molecule has 176 valence electrons. The van der Waals surface area contributed by atoms with E-state index >= 15 is 0 Å². The van der Waals surface area contributed by atoms with E-state index in [9.17, 15) is 9.59 Å². The Balaban J connectivity index is 1.40. The summed E-state index contributed by atoms with van der Waals surface area (Å²) in [7, 11) is 0. The van der Waals surface area contributed by atoms with Gasteiger partial charge < -0.3 is 19.2 Å². The molecule has 6 nitrogen and oxygen atoms in total. The van der Waals surface area contributed by atoms with Crippen molar-refractivity contribution in [3.8, 4) is 5.75 Å². The molecule has 2 heterocycles. The third kappa shape index (κ3) is 5.63. The fraction of sp³-hybridized carbons (Fsp3) is 0.481. The van der Waals surface area contributed by atoms with Gasteiger partial charge in [0.15, 0.2) is 0 Å². The smallest absolute Gasteiger partial charge is 0.255 e. The molecule has 2 aromatic rings. The number of piperidine rings is 1. The van der Waals surface area contributed by atoms with Gasteiger partial charge in [-0.2, -0.15) is 0 Å². The molecular formula is C27H34N2O4. The van der Waals surface area contributed by atoms with Crippen LogP contribution in [0.2, 0.25) is 0 Å². The standard InChI is InChI=1S/C27H34N2O4/c1-20(2)33-25-10-9-24(13-21(25)3)26(31)29-12-11-27(32-19-29)14-23(17-30)16-28(18-27)15-22-7-5-4-6-8-22/h4-10,13,17,20,23H,11-12,14-16,18-19H2,1-3H3. The first-order valence-corrected chi connectivity index (χ1v) is 11.8. The fourth-order valence-electron chi connectivity index (χ4n) is 4.95. The van der Waals surface area contributed by atoms with Crippen LogP contribution in [0.15, 0.2) is 48.5 Å². The number of aldehydes is 1. The van der Waals surface area contributed by atoms with Crippen LogP contribution in [0.25, 0.3) is 0 Å². The number of rotatable bonds is 6. The minimum atomic E-state index is -0.389. The van der Waals surface area contributed by atoms with Gasteiger partial charge in [-0.15, -0.1) is 0 Å². The average molecular weight is 451 g/mol. The quantitative estimate of drug-likeness (QED) is 0.621. The number of carbonyl (C=O) groups is 2. The molecule has 2 unspecified atom stereocenters. The van der Waals surface area contributed by atoms with Crippen molar-refractivity contribution in [1.82, 2.24) is 9.80 Å². The van der Waals surface area contributed by atoms with Crippen molar-refractivity contribution in [2.45, 2.75) is 51.9 Å². The highest BCUT2D eigenvalue weighted by Crippen LogP contribution is 2.35. The monoisotopic (exact) mass is 450 g/mol. The van der Waals surface area contributed by atoms with Gasteiger partial charge in [0, 0.05) is 37.7 Å². The third-order valence-corrected chi connectivity index (χ3v) is 6.52. The van der Waals surface area contributed by atoms with Gasteiger partial charge in [0.1, 0.15) is 18.8 Å². The van der Waals surface area contributed by atoms with Gasteiger partial charge >= 0.3 is 0 Å². The van der Waals surface area contributed by atoms with Gasteiger partial charge in [0.2, 0.25) is 0 Å². The number of benzene rings is 2. The lowest BCUT2D eigenvalue weighted by Crippen LogP contribution is -2.58. The summed E-state index contributed by atoms with van der Waals surface area (Å²) in [4.78, 5) is 28.9. The first kappa shape index (κ1) is 23.5. The number of nitrogens with zero attached hydrogens (tertiary/aromatic N) is 2. The average Bonchev–Trinajstić information content (AvgIpc) is 2.80. The zero-order valence-electron chi connectivity index (χ0n) is 19.8. The van der Waals surface area contributed by atoms with E-state index in [1.807, 2.05) is 57.2 Å². The van der Waals surface area contributed by atoms with Crippen LogP contribution in [0.3, 0.4) is 0 Å². The molecule has 33 heavy (non-hydrogen) atoms. The summed E-state index contributed by atoms with van der Waals surface area (Å²) in [6.07, 6.45) is 2.58. The van der Waals surface area contributed by atoms with E-state index < -0.39 is 0 Å². The fourth-order valence-corrected chi connectivity index (χ4v) is 4.95. The van der Waals surface area contributed by atoms with Crippen molar-refractivity contribution < 1.29 is 19.1 Å². The molecule has 4 rings (SSSR count). The van der Waals surface area contributed by atoms with E-state index in [0.29, 0.717) is 18.5 Å². The highest BCUT2D eigenvalue weighted by Gasteiger charge is 2.43. The highest BCUT2D eigenvalue weighted by atomic mass is 16.5. The van der Waals surface area contributed by atoms with Crippen LogP contribution >= 0.6 is 0 Å². The van der Waals surface area contributed by atoms with Crippen molar-refractivity contribution >= 4 is 12.2 Å². The molecule has 0 radical (unpaired) electrons. The van der Waals surface area contributed by atoms with Crippen molar-refractivity contribution in [3.63, 3.8) is 0 Å². The lowest BCUT2D eigenvalue weighted by Gasteiger charge is -2.49. The first-order chi connectivity index (χ1) is 15.9. The van der Waals surface area contributed by atoms with Crippen LogP contribution in [0.5, 0.6) is 5.75 Å². The van der Waals surface area contributed by atoms with Crippen molar-refractivity contribution in [2.24, 2.45) is 5.92 Å². The Morgan fingerprint density at radius 3 is 2.67 bits per heavy atom. The Morgan fingerprint density at radius 2 is 2.03 bits per heavy atom. The van der Waals surface area contributed by atoms with Gasteiger partial charge in [-0.05, 0) is 62.9 Å². The molecule has 6 heteroatoms. The topological polar surface area (TPSA) is 59.1 Å². The lowest BCUT2D eigenvalue weighted by molar-refractivity contribution is -0.165. The molecule has 2 aliphatic heterocycles. The minimum Gasteiger partial charge on any atom is -0.491 e. The zero-order chi connectivity index (χ0) is 23.4. The first-order valence-electron chi connectivity index (χ1n) is 11.8. The number of likely N-dealkylation sites (tertiary alicyclic amines) is 1. The summed E-state index contributed by atoms with van der Waals surface area (Å²) in [5.74, 6) is 0.713. The summed E-state index contributed by atoms with van der Waals surface area (Å²) < 4.78 is 12.1. The third-order valence-electron chi connectivity index (χ3n) is 6.52. The Bertz CT molecular complexity index is 967. The lowest BCUT2D eigenvalue weighted by atomic mass is 9.82. The normalized spacial score (nSPS) is 23.6. The Labute approximate surface area is 196 Å². The summed E-state index contributed by atoms with van der Waals surface area (Å²) in [5.41, 5.74) is 2.43. The van der Waals surface area contributed by atoms with Gasteiger partial charge in [0.05, 0.1) is 11.7 Å². The predicted molar refractivity (Wildman–Crippen MR) is 127 cm³/mol. The van der Waals surface area contributed by atoms with Crippen molar-refractivity contribution in [3.05, 3.63) is 65.2 Å². The van der Waals surface area contributed by atoms with E-state index in [0.717, 1.165) is 43.7 Å². The summed E-state index contributed by atoms with van der Waals surface area (Å²) >= 11 is 0. The molecule has 2 aliphatic rings. The largest absolute Gasteiger partial charge is 0.491 e. The second-order valence-electron chi connectivity index (χ2n) is 9.68. The Hall–Kier alpha value is -2.70. The maximum atomic E-state index is 13.1. The molecule has 1 amide bonds. The molecule has 2 aromatic carbocycles. The zero-order valence-corrected chi connectivity index (χ0v) is 19.8. The van der Waals surface area contributed by atoms with Crippen molar-refractivity contribution in [2.75, 3.05) is 26.4 Å². The second-order valence-corrected chi connectivity index (χ2v) is 9.68. The number of hydrogen-bond donors (Lipinski definition) is 0. The molecule has 0 aromatic heterocycles. The van der Waals surface area contributed by atoms with Crippen LogP contribution in [-0.4, -0.2) is 60.1 Å². The maximum Gasteiger partial charge on any atom is 0.255 e. The van der Waals surface area contributed by atoms with E-state index in [2.05, 4.69) is 17.0 Å². The molecule has 2 atom stereocenters. The molecule has 2 saturated heterocycles. The van der Waals surface area contributed by atoms with Gasteiger partial charge in [-0.25, -0.2) is 0 Å². The molecule has 1 spiro atoms. The minimum absolute atomic E-state index is 0.0343. The second kappa shape index (κ2) is 10.1. The number of ether oxygens (including phenoxy) is 2. The Morgan fingerprint density at radius 1 is 1.24 bits per heavy atom. The van der Waals surface area contributed by atoms with Gasteiger partial charge in [0.25, 0.3) is 5.91 Å². The molecule has 0 aliphatic carbocycles. The van der Waals surface area contributed by atoms with Gasteiger partial charge in [-0.1, -0.05) is 30.3 Å². The van der Waals surface area contributed by atoms with Crippen LogP contribution in [0.4, 0.5) is 0 Å². The number of aryl methyl sites for hydroxylation is 1. The number of amides is 1. The van der Waals surface area contributed by atoms with Crippen LogP contribution in [0, 0.1) is 12.8 Å². The van der Waals surface area contributed by atoms with E-state index in [1.165, 1.54) is 5.56 Å². The predicted octanol–water partition coefficient (Wildman–Crippen LogP) is 4.06.